The zero-order valence-electron chi connectivity index (χ0n) is 9.57. The van der Waals surface area contributed by atoms with Crippen LogP contribution < -0.4 is 5.32 Å². The number of hydrogen-bond acceptors (Lipinski definition) is 4. The second-order valence-electron chi connectivity index (χ2n) is 3.34. The molecule has 0 aliphatic heterocycles. The Balaban J connectivity index is 2.61. The molecule has 1 rings (SSSR count). The summed E-state index contributed by atoms with van der Waals surface area (Å²) in [5.41, 5.74) is 0. The van der Waals surface area contributed by atoms with Crippen molar-refractivity contribution in [3.05, 3.63) is 21.9 Å². The molecule has 1 unspecified atom stereocenters. The molecule has 0 radical (unpaired) electrons. The van der Waals surface area contributed by atoms with Crippen LogP contribution in [0.4, 0.5) is 0 Å². The summed E-state index contributed by atoms with van der Waals surface area (Å²) in [5, 5.41) is 2.58. The van der Waals surface area contributed by atoms with E-state index in [0.29, 0.717) is 4.88 Å². The monoisotopic (exact) mass is 241 g/mol. The maximum Gasteiger partial charge on any atom is 0.328 e. The summed E-state index contributed by atoms with van der Waals surface area (Å²) >= 11 is 1.44. The van der Waals surface area contributed by atoms with Gasteiger partial charge in [0.2, 0.25) is 0 Å². The first-order valence-electron chi connectivity index (χ1n) is 5.05. The van der Waals surface area contributed by atoms with E-state index in [2.05, 4.69) is 10.1 Å². The van der Waals surface area contributed by atoms with Crippen LogP contribution in [0.15, 0.2) is 12.1 Å². The lowest BCUT2D eigenvalue weighted by atomic mass is 10.3. The van der Waals surface area contributed by atoms with E-state index in [1.807, 2.05) is 13.0 Å². The molecule has 1 N–H and O–H groups in total. The van der Waals surface area contributed by atoms with E-state index < -0.39 is 12.0 Å². The van der Waals surface area contributed by atoms with Gasteiger partial charge in [0, 0.05) is 4.88 Å². The fourth-order valence-corrected chi connectivity index (χ4v) is 2.04. The number of carbonyl (C=O) groups excluding carboxylic acids is 2. The van der Waals surface area contributed by atoms with Gasteiger partial charge in [0.25, 0.3) is 5.91 Å². The SMILES string of the molecule is CCc1ccc(C(=O)NC(C)C(=O)OC)s1. The van der Waals surface area contributed by atoms with Gasteiger partial charge in [0.1, 0.15) is 6.04 Å². The highest BCUT2D eigenvalue weighted by Gasteiger charge is 2.17. The summed E-state index contributed by atoms with van der Waals surface area (Å²) in [6.45, 7) is 3.63. The van der Waals surface area contributed by atoms with Gasteiger partial charge >= 0.3 is 5.97 Å². The molecule has 1 atom stereocenters. The maximum absolute atomic E-state index is 11.7. The molecule has 0 saturated carbocycles. The lowest BCUT2D eigenvalue weighted by Crippen LogP contribution is -2.38. The number of esters is 1. The highest BCUT2D eigenvalue weighted by Crippen LogP contribution is 2.16. The predicted molar refractivity (Wildman–Crippen MR) is 62.6 cm³/mol. The number of aryl methyl sites for hydroxylation is 1. The van der Waals surface area contributed by atoms with E-state index in [1.54, 1.807) is 13.0 Å². The molecular formula is C11H15NO3S. The minimum absolute atomic E-state index is 0.234. The van der Waals surface area contributed by atoms with Gasteiger partial charge in [-0.05, 0) is 25.5 Å². The summed E-state index contributed by atoms with van der Waals surface area (Å²) in [7, 11) is 1.30. The molecule has 0 aromatic carbocycles. The Kier molecular flexibility index (Phi) is 4.49. The smallest absolute Gasteiger partial charge is 0.328 e. The standard InChI is InChI=1S/C11H15NO3S/c1-4-8-5-6-9(16-8)10(13)12-7(2)11(14)15-3/h5-7H,4H2,1-3H3,(H,12,13). The number of hydrogen-bond donors (Lipinski definition) is 1. The van der Waals surface area contributed by atoms with Crippen molar-refractivity contribution in [3.63, 3.8) is 0 Å². The van der Waals surface area contributed by atoms with Crippen LogP contribution in [-0.2, 0) is 16.0 Å². The molecule has 0 aliphatic carbocycles. The summed E-state index contributed by atoms with van der Waals surface area (Å²) in [4.78, 5) is 24.6. The fourth-order valence-electron chi connectivity index (χ4n) is 1.19. The molecule has 88 valence electrons. The van der Waals surface area contributed by atoms with Crippen molar-refractivity contribution < 1.29 is 14.3 Å². The zero-order chi connectivity index (χ0) is 12.1. The van der Waals surface area contributed by atoms with Gasteiger partial charge < -0.3 is 10.1 Å². The Morgan fingerprint density at radius 2 is 2.19 bits per heavy atom. The molecule has 16 heavy (non-hydrogen) atoms. The van der Waals surface area contributed by atoms with E-state index in [9.17, 15) is 9.59 Å². The Bertz CT molecular complexity index is 386. The first kappa shape index (κ1) is 12.7. The van der Waals surface area contributed by atoms with Crippen LogP contribution in [0.1, 0.15) is 28.4 Å². The van der Waals surface area contributed by atoms with Gasteiger partial charge in [-0.1, -0.05) is 6.92 Å². The lowest BCUT2D eigenvalue weighted by molar-refractivity contribution is -0.142. The van der Waals surface area contributed by atoms with Crippen LogP contribution in [0.5, 0.6) is 0 Å². The van der Waals surface area contributed by atoms with Gasteiger partial charge in [-0.15, -0.1) is 11.3 Å². The minimum Gasteiger partial charge on any atom is -0.467 e. The number of methoxy groups -OCH3 is 1. The number of nitrogens with one attached hydrogen (secondary N) is 1. The van der Waals surface area contributed by atoms with Gasteiger partial charge in [-0.3, -0.25) is 4.79 Å². The van der Waals surface area contributed by atoms with Crippen molar-refractivity contribution in [3.8, 4) is 0 Å². The Morgan fingerprint density at radius 3 is 2.69 bits per heavy atom. The number of thiophene rings is 1. The highest BCUT2D eigenvalue weighted by atomic mass is 32.1. The Hall–Kier alpha value is -1.36. The van der Waals surface area contributed by atoms with Crippen molar-refractivity contribution in [2.24, 2.45) is 0 Å². The molecular weight excluding hydrogens is 226 g/mol. The predicted octanol–water partition coefficient (Wildman–Crippen LogP) is 1.60. The zero-order valence-corrected chi connectivity index (χ0v) is 10.4. The van der Waals surface area contributed by atoms with Crippen LogP contribution in [-0.4, -0.2) is 25.0 Å². The van der Waals surface area contributed by atoms with Crippen LogP contribution in [0.3, 0.4) is 0 Å². The topological polar surface area (TPSA) is 55.4 Å². The fraction of sp³-hybridized carbons (Fsp3) is 0.455. The molecule has 5 heteroatoms. The van der Waals surface area contributed by atoms with E-state index >= 15 is 0 Å². The molecule has 1 aromatic rings. The third-order valence-electron chi connectivity index (χ3n) is 2.14. The van der Waals surface area contributed by atoms with Crippen molar-refractivity contribution in [1.82, 2.24) is 5.32 Å². The Morgan fingerprint density at radius 1 is 1.50 bits per heavy atom. The molecule has 4 nitrogen and oxygen atoms in total. The van der Waals surface area contributed by atoms with E-state index in [4.69, 9.17) is 0 Å². The lowest BCUT2D eigenvalue weighted by Gasteiger charge is -2.10. The van der Waals surface area contributed by atoms with Crippen molar-refractivity contribution in [2.45, 2.75) is 26.3 Å². The molecule has 0 aliphatic rings. The molecule has 0 saturated heterocycles. The van der Waals surface area contributed by atoms with Gasteiger partial charge in [0.15, 0.2) is 0 Å². The molecule has 0 bridgehead atoms. The van der Waals surface area contributed by atoms with Crippen LogP contribution in [0.25, 0.3) is 0 Å². The van der Waals surface area contributed by atoms with E-state index in [-0.39, 0.29) is 5.91 Å². The van der Waals surface area contributed by atoms with Crippen molar-refractivity contribution in [2.75, 3.05) is 7.11 Å². The molecule has 0 spiro atoms. The summed E-state index contributed by atoms with van der Waals surface area (Å²) in [5.74, 6) is -0.678. The summed E-state index contributed by atoms with van der Waals surface area (Å²) in [6.07, 6.45) is 0.907. The van der Waals surface area contributed by atoms with Gasteiger partial charge in [0.05, 0.1) is 12.0 Å². The number of rotatable bonds is 4. The first-order valence-corrected chi connectivity index (χ1v) is 5.87. The largest absolute Gasteiger partial charge is 0.467 e. The molecule has 0 fully saturated rings. The van der Waals surface area contributed by atoms with E-state index in [1.165, 1.54) is 18.4 Å². The first-order chi connectivity index (χ1) is 7.58. The average Bonchev–Trinajstić information content (AvgIpc) is 2.76. The number of amides is 1. The second-order valence-corrected chi connectivity index (χ2v) is 4.51. The number of ether oxygens (including phenoxy) is 1. The van der Waals surface area contributed by atoms with Crippen molar-refractivity contribution >= 4 is 23.2 Å². The van der Waals surface area contributed by atoms with E-state index in [0.717, 1.165) is 11.3 Å². The highest BCUT2D eigenvalue weighted by molar-refractivity contribution is 7.14. The molecule has 1 amide bonds. The molecule has 1 heterocycles. The third-order valence-corrected chi connectivity index (χ3v) is 3.36. The normalized spacial score (nSPS) is 11.9. The minimum atomic E-state index is -0.621. The van der Waals surface area contributed by atoms with Gasteiger partial charge in [-0.25, -0.2) is 4.79 Å². The Labute approximate surface area is 98.6 Å². The summed E-state index contributed by atoms with van der Waals surface area (Å²) < 4.78 is 4.52. The summed E-state index contributed by atoms with van der Waals surface area (Å²) in [6, 6.07) is 3.07. The average molecular weight is 241 g/mol. The maximum atomic E-state index is 11.7. The number of carbonyl (C=O) groups is 2. The third kappa shape index (κ3) is 3.06. The second kappa shape index (κ2) is 5.65. The van der Waals surface area contributed by atoms with Crippen LogP contribution >= 0.6 is 11.3 Å². The van der Waals surface area contributed by atoms with Crippen LogP contribution in [0, 0.1) is 0 Å². The molecule has 1 aromatic heterocycles. The quantitative estimate of drug-likeness (QED) is 0.815. The van der Waals surface area contributed by atoms with Crippen LogP contribution in [0.2, 0.25) is 0 Å². The van der Waals surface area contributed by atoms with Gasteiger partial charge in [-0.2, -0.15) is 0 Å². The van der Waals surface area contributed by atoms with Crippen molar-refractivity contribution in [1.29, 1.82) is 0 Å².